The highest BCUT2D eigenvalue weighted by Gasteiger charge is 2.29. The predicted octanol–water partition coefficient (Wildman–Crippen LogP) is 5.43. The summed E-state index contributed by atoms with van der Waals surface area (Å²) < 4.78 is 0. The Kier molecular flexibility index (Phi) is 6.86. The molecule has 0 rings (SSSR count). The lowest BCUT2D eigenvalue weighted by atomic mass is 9.75. The van der Waals surface area contributed by atoms with Gasteiger partial charge in [-0.2, -0.15) is 0 Å². The molecule has 1 atom stereocenters. The normalized spacial score (nSPS) is 16.8. The summed E-state index contributed by atoms with van der Waals surface area (Å²) in [6.07, 6.45) is 3.09. The molecule has 0 aromatic rings. The number of aliphatic hydroxyl groups excluding tert-OH is 1. The Balaban J connectivity index is 5.80. The van der Waals surface area contributed by atoms with E-state index in [1.54, 1.807) is 0 Å². The van der Waals surface area contributed by atoms with Crippen LogP contribution in [0.2, 0.25) is 0 Å². The van der Waals surface area contributed by atoms with E-state index in [4.69, 9.17) is 0 Å². The number of rotatable bonds is 5. The van der Waals surface area contributed by atoms with Gasteiger partial charge < -0.3 is 10.4 Å². The zero-order valence-electron chi connectivity index (χ0n) is 15.0. The first-order valence-corrected chi connectivity index (χ1v) is 7.83. The lowest BCUT2D eigenvalue weighted by Crippen LogP contribution is -2.24. The fourth-order valence-corrected chi connectivity index (χ4v) is 2.00. The highest BCUT2D eigenvalue weighted by Crippen LogP contribution is 2.37. The largest absolute Gasteiger partial charge is 0.512 e. The molecule has 0 saturated carbocycles. The van der Waals surface area contributed by atoms with Crippen LogP contribution in [0.4, 0.5) is 0 Å². The summed E-state index contributed by atoms with van der Waals surface area (Å²) in [6, 6.07) is 0. The molecule has 0 amide bonds. The van der Waals surface area contributed by atoms with Gasteiger partial charge in [-0.3, -0.25) is 0 Å². The van der Waals surface area contributed by atoms with Crippen LogP contribution < -0.4 is 5.32 Å². The van der Waals surface area contributed by atoms with Crippen LogP contribution in [0.5, 0.6) is 0 Å². The van der Waals surface area contributed by atoms with Crippen LogP contribution in [0.1, 0.15) is 68.7 Å². The predicted molar refractivity (Wildman–Crippen MR) is 89.8 cm³/mol. The summed E-state index contributed by atoms with van der Waals surface area (Å²) in [5, 5.41) is 14.2. The van der Waals surface area contributed by atoms with Gasteiger partial charge in [-0.1, -0.05) is 55.4 Å². The molecule has 0 bridgehead atoms. The molecular weight excluding hydrogens is 246 g/mol. The van der Waals surface area contributed by atoms with Crippen LogP contribution in [-0.2, 0) is 0 Å². The molecule has 0 spiro atoms. The molecule has 0 aromatic heterocycles. The molecule has 0 aliphatic rings. The van der Waals surface area contributed by atoms with Gasteiger partial charge in [-0.25, -0.2) is 0 Å². The Labute approximate surface area is 126 Å². The first kappa shape index (κ1) is 19.1. The van der Waals surface area contributed by atoms with Crippen molar-refractivity contribution in [3.8, 4) is 0 Å². The number of hydrogen-bond donors (Lipinski definition) is 2. The van der Waals surface area contributed by atoms with Crippen molar-refractivity contribution in [1.82, 2.24) is 5.32 Å². The second-order valence-corrected chi connectivity index (χ2v) is 7.69. The topological polar surface area (TPSA) is 32.3 Å². The Hall–Kier alpha value is -0.920. The standard InChI is InChI=1S/C18H35NO/c1-10-14(19-11-2)12-15(18(7,8)9)16(20)13(3)17(4,5)6/h12-13,19-20H,10-11H2,1-9H3/b14-12+,16-15-. The fourth-order valence-electron chi connectivity index (χ4n) is 2.00. The van der Waals surface area contributed by atoms with Crippen molar-refractivity contribution >= 4 is 0 Å². The average Bonchev–Trinajstić information content (AvgIpc) is 2.29. The Bertz CT molecular complexity index is 364. The van der Waals surface area contributed by atoms with Crippen LogP contribution in [0.3, 0.4) is 0 Å². The lowest BCUT2D eigenvalue weighted by molar-refractivity contribution is 0.208. The van der Waals surface area contributed by atoms with E-state index in [2.05, 4.69) is 73.7 Å². The number of nitrogens with one attached hydrogen (secondary N) is 1. The monoisotopic (exact) mass is 281 g/mol. The molecule has 118 valence electrons. The molecule has 0 aliphatic heterocycles. The summed E-state index contributed by atoms with van der Waals surface area (Å²) >= 11 is 0. The van der Waals surface area contributed by atoms with Crippen LogP contribution in [0.15, 0.2) is 23.1 Å². The second kappa shape index (κ2) is 7.19. The summed E-state index contributed by atoms with van der Waals surface area (Å²) in [5.41, 5.74) is 2.21. The van der Waals surface area contributed by atoms with Crippen molar-refractivity contribution in [2.45, 2.75) is 68.7 Å². The Morgan fingerprint density at radius 3 is 1.90 bits per heavy atom. The molecule has 0 fully saturated rings. The smallest absolute Gasteiger partial charge is 0.0993 e. The van der Waals surface area contributed by atoms with Gasteiger partial charge in [0.05, 0.1) is 5.76 Å². The van der Waals surface area contributed by atoms with Crippen molar-refractivity contribution in [3.05, 3.63) is 23.1 Å². The van der Waals surface area contributed by atoms with E-state index < -0.39 is 0 Å². The molecule has 0 radical (unpaired) electrons. The van der Waals surface area contributed by atoms with Gasteiger partial charge in [-0.05, 0) is 35.8 Å². The molecule has 0 saturated heterocycles. The Morgan fingerprint density at radius 2 is 1.60 bits per heavy atom. The van der Waals surface area contributed by atoms with Crippen molar-refractivity contribution in [2.75, 3.05) is 6.54 Å². The molecule has 20 heavy (non-hydrogen) atoms. The van der Waals surface area contributed by atoms with Crippen molar-refractivity contribution in [2.24, 2.45) is 16.7 Å². The van der Waals surface area contributed by atoms with Crippen molar-refractivity contribution in [3.63, 3.8) is 0 Å². The molecule has 2 N–H and O–H groups in total. The summed E-state index contributed by atoms with van der Waals surface area (Å²) in [4.78, 5) is 0. The van der Waals surface area contributed by atoms with Gasteiger partial charge in [0, 0.05) is 18.2 Å². The molecular formula is C18H35NO. The second-order valence-electron chi connectivity index (χ2n) is 7.69. The molecule has 0 aliphatic carbocycles. The first-order chi connectivity index (χ1) is 8.95. The van der Waals surface area contributed by atoms with E-state index in [9.17, 15) is 5.11 Å². The summed E-state index contributed by atoms with van der Waals surface area (Å²) in [5.74, 6) is 0.654. The van der Waals surface area contributed by atoms with Gasteiger partial charge in [0.2, 0.25) is 0 Å². The van der Waals surface area contributed by atoms with E-state index in [0.29, 0.717) is 5.76 Å². The molecule has 2 nitrogen and oxygen atoms in total. The van der Waals surface area contributed by atoms with Crippen molar-refractivity contribution < 1.29 is 5.11 Å². The average molecular weight is 281 g/mol. The van der Waals surface area contributed by atoms with E-state index in [-0.39, 0.29) is 16.7 Å². The fraction of sp³-hybridized carbons (Fsp3) is 0.778. The zero-order chi connectivity index (χ0) is 16.1. The molecule has 0 heterocycles. The van der Waals surface area contributed by atoms with Gasteiger partial charge in [-0.15, -0.1) is 0 Å². The highest BCUT2D eigenvalue weighted by molar-refractivity contribution is 5.31. The lowest BCUT2D eigenvalue weighted by Gasteiger charge is -2.31. The number of hydrogen-bond acceptors (Lipinski definition) is 2. The van der Waals surface area contributed by atoms with Crippen LogP contribution in [0.25, 0.3) is 0 Å². The summed E-state index contributed by atoms with van der Waals surface area (Å²) in [7, 11) is 0. The van der Waals surface area contributed by atoms with E-state index in [0.717, 1.165) is 18.5 Å². The van der Waals surface area contributed by atoms with Crippen LogP contribution >= 0.6 is 0 Å². The van der Waals surface area contributed by atoms with Crippen LogP contribution in [-0.4, -0.2) is 11.7 Å². The van der Waals surface area contributed by atoms with Crippen LogP contribution in [0, 0.1) is 16.7 Å². The van der Waals surface area contributed by atoms with Gasteiger partial charge in [0.25, 0.3) is 0 Å². The SMILES string of the molecule is CCN/C(=C/C(=C(/O)C(C)C(C)(C)C)C(C)(C)C)CC. The minimum Gasteiger partial charge on any atom is -0.512 e. The van der Waals surface area contributed by atoms with E-state index in [1.165, 1.54) is 5.70 Å². The minimum atomic E-state index is -0.0700. The zero-order valence-corrected chi connectivity index (χ0v) is 15.0. The summed E-state index contributed by atoms with van der Waals surface area (Å²) in [6.45, 7) is 20.2. The van der Waals surface area contributed by atoms with Crippen molar-refractivity contribution in [1.29, 1.82) is 0 Å². The third-order valence-electron chi connectivity index (χ3n) is 3.90. The minimum absolute atomic E-state index is 0.0545. The van der Waals surface area contributed by atoms with Gasteiger partial charge >= 0.3 is 0 Å². The number of allylic oxidation sites excluding steroid dienone is 4. The maximum atomic E-state index is 10.8. The molecule has 0 aromatic carbocycles. The van der Waals surface area contributed by atoms with Gasteiger partial charge in [0.15, 0.2) is 0 Å². The Morgan fingerprint density at radius 1 is 1.10 bits per heavy atom. The van der Waals surface area contributed by atoms with E-state index in [1.807, 2.05) is 0 Å². The quantitative estimate of drug-likeness (QED) is 0.520. The highest BCUT2D eigenvalue weighted by atomic mass is 16.3. The van der Waals surface area contributed by atoms with Gasteiger partial charge in [0.1, 0.15) is 0 Å². The maximum absolute atomic E-state index is 10.8. The molecule has 1 unspecified atom stereocenters. The third kappa shape index (κ3) is 5.60. The number of aliphatic hydroxyl groups is 1. The molecule has 2 heteroatoms. The maximum Gasteiger partial charge on any atom is 0.0993 e. The van der Waals surface area contributed by atoms with E-state index >= 15 is 0 Å². The third-order valence-corrected chi connectivity index (χ3v) is 3.90. The first-order valence-electron chi connectivity index (χ1n) is 7.83.